The van der Waals surface area contributed by atoms with Crippen LogP contribution in [0.4, 0.5) is 0 Å². The number of hydrogen-bond acceptors (Lipinski definition) is 10. The third-order valence-corrected chi connectivity index (χ3v) is 5.49. The van der Waals surface area contributed by atoms with Gasteiger partial charge in [0, 0.05) is 24.0 Å². The lowest BCUT2D eigenvalue weighted by Crippen LogP contribution is -2.18. The number of hydrazone groups is 2. The lowest BCUT2D eigenvalue weighted by molar-refractivity contribution is -0.121. The van der Waals surface area contributed by atoms with E-state index in [9.17, 15) is 9.59 Å². The number of benzene rings is 2. The second kappa shape index (κ2) is 16.4. The number of nitrogens with one attached hydrogen (secondary N) is 2. The number of unbranched alkanes of at least 4 members (excludes halogenated alkanes) is 2. The van der Waals surface area contributed by atoms with Gasteiger partial charge in [0.2, 0.25) is 23.3 Å². The summed E-state index contributed by atoms with van der Waals surface area (Å²) in [5.74, 6) is 2.44. The largest absolute Gasteiger partial charge is 0.493 e. The van der Waals surface area contributed by atoms with Crippen molar-refractivity contribution >= 4 is 24.2 Å². The smallest absolute Gasteiger partial charge is 0.240 e. The molecule has 0 aromatic heterocycles. The molecule has 39 heavy (non-hydrogen) atoms. The van der Waals surface area contributed by atoms with Crippen LogP contribution in [0.2, 0.25) is 0 Å². The second-order valence-electron chi connectivity index (χ2n) is 8.06. The predicted octanol–water partition coefficient (Wildman–Crippen LogP) is 3.29. The maximum absolute atomic E-state index is 12.1. The SMILES string of the molecule is COc1cc(C=NNC(=O)CCCCCC(=O)NN=Cc2cc(OC)c(OC)c(OC)c2)cc(OC)c1OC. The average Bonchev–Trinajstić information content (AvgIpc) is 2.95. The molecule has 0 saturated carbocycles. The van der Waals surface area contributed by atoms with Crippen LogP contribution in [-0.4, -0.2) is 66.9 Å². The molecule has 0 saturated heterocycles. The molecule has 0 bridgehead atoms. The minimum absolute atomic E-state index is 0.224. The molecule has 0 unspecified atom stereocenters. The maximum Gasteiger partial charge on any atom is 0.240 e. The van der Waals surface area contributed by atoms with Crippen LogP contribution in [0, 0.1) is 0 Å². The Morgan fingerprint density at radius 3 is 1.21 bits per heavy atom. The number of hydrogen-bond donors (Lipinski definition) is 2. The van der Waals surface area contributed by atoms with Crippen molar-refractivity contribution < 1.29 is 38.0 Å². The Kier molecular flexibility index (Phi) is 12.9. The molecule has 0 aliphatic rings. The van der Waals surface area contributed by atoms with Crippen LogP contribution >= 0.6 is 0 Å². The van der Waals surface area contributed by atoms with Crippen LogP contribution in [0.25, 0.3) is 0 Å². The zero-order valence-electron chi connectivity index (χ0n) is 23.2. The number of nitrogens with zero attached hydrogens (tertiary/aromatic N) is 2. The van der Waals surface area contributed by atoms with E-state index in [1.807, 2.05) is 0 Å². The van der Waals surface area contributed by atoms with Gasteiger partial charge < -0.3 is 28.4 Å². The third-order valence-electron chi connectivity index (χ3n) is 5.49. The molecule has 2 aromatic carbocycles. The van der Waals surface area contributed by atoms with Crippen LogP contribution in [0.5, 0.6) is 34.5 Å². The Bertz CT molecular complexity index is 1030. The molecular weight excluding hydrogens is 508 g/mol. The highest BCUT2D eigenvalue weighted by molar-refractivity contribution is 5.85. The van der Waals surface area contributed by atoms with Gasteiger partial charge in [-0.2, -0.15) is 10.2 Å². The van der Waals surface area contributed by atoms with Gasteiger partial charge in [-0.25, -0.2) is 10.9 Å². The molecule has 0 spiro atoms. The first-order valence-corrected chi connectivity index (χ1v) is 12.1. The molecule has 2 aromatic rings. The van der Waals surface area contributed by atoms with Crippen LogP contribution in [-0.2, 0) is 9.59 Å². The number of ether oxygens (including phenoxy) is 6. The molecule has 12 nitrogen and oxygen atoms in total. The molecule has 2 N–H and O–H groups in total. The van der Waals surface area contributed by atoms with Crippen molar-refractivity contribution in [1.82, 2.24) is 10.9 Å². The van der Waals surface area contributed by atoms with Gasteiger partial charge in [0.15, 0.2) is 23.0 Å². The average molecular weight is 545 g/mol. The van der Waals surface area contributed by atoms with Crippen molar-refractivity contribution in [3.8, 4) is 34.5 Å². The van der Waals surface area contributed by atoms with E-state index < -0.39 is 0 Å². The summed E-state index contributed by atoms with van der Waals surface area (Å²) in [7, 11) is 9.13. The predicted molar refractivity (Wildman–Crippen MR) is 147 cm³/mol. The van der Waals surface area contributed by atoms with E-state index in [1.54, 1.807) is 24.3 Å². The second-order valence-corrected chi connectivity index (χ2v) is 8.06. The highest BCUT2D eigenvalue weighted by Crippen LogP contribution is 2.38. The first kappa shape index (κ1) is 30.7. The number of amides is 2. The molecule has 0 atom stereocenters. The summed E-state index contributed by atoms with van der Waals surface area (Å²) in [5, 5.41) is 7.97. The third kappa shape index (κ3) is 9.40. The van der Waals surface area contributed by atoms with Crippen molar-refractivity contribution in [2.75, 3.05) is 42.7 Å². The normalized spacial score (nSPS) is 10.8. The summed E-state index contributed by atoms with van der Waals surface area (Å²) >= 11 is 0. The van der Waals surface area contributed by atoms with Crippen molar-refractivity contribution in [3.63, 3.8) is 0 Å². The molecule has 0 aliphatic carbocycles. The summed E-state index contributed by atoms with van der Waals surface area (Å²) in [6.45, 7) is 0. The number of carbonyl (C=O) groups excluding carboxylic acids is 2. The van der Waals surface area contributed by atoms with Gasteiger partial charge >= 0.3 is 0 Å². The Morgan fingerprint density at radius 1 is 0.590 bits per heavy atom. The Labute approximate surface area is 228 Å². The maximum atomic E-state index is 12.1. The van der Waals surface area contributed by atoms with Gasteiger partial charge in [-0.1, -0.05) is 6.42 Å². The summed E-state index contributed by atoms with van der Waals surface area (Å²) in [4.78, 5) is 24.1. The molecule has 2 rings (SSSR count). The summed E-state index contributed by atoms with van der Waals surface area (Å²) in [5.41, 5.74) is 6.33. The monoisotopic (exact) mass is 544 g/mol. The Morgan fingerprint density at radius 2 is 0.923 bits per heavy atom. The molecule has 212 valence electrons. The van der Waals surface area contributed by atoms with Gasteiger partial charge in [0.05, 0.1) is 55.1 Å². The molecule has 0 heterocycles. The Hall–Kier alpha value is -4.48. The van der Waals surface area contributed by atoms with Crippen molar-refractivity contribution in [3.05, 3.63) is 35.4 Å². The van der Waals surface area contributed by atoms with Gasteiger partial charge in [-0.3, -0.25) is 9.59 Å². The van der Waals surface area contributed by atoms with E-state index in [1.165, 1.54) is 55.1 Å². The van der Waals surface area contributed by atoms with Crippen molar-refractivity contribution in [2.24, 2.45) is 10.2 Å². The van der Waals surface area contributed by atoms with Gasteiger partial charge in [-0.05, 0) is 37.1 Å². The highest BCUT2D eigenvalue weighted by Gasteiger charge is 2.13. The zero-order chi connectivity index (χ0) is 28.6. The topological polar surface area (TPSA) is 138 Å². The van der Waals surface area contributed by atoms with Crippen LogP contribution < -0.4 is 39.3 Å². The standard InChI is InChI=1S/C27H36N4O8/c1-34-20-12-18(13-21(35-2)26(20)38-5)16-28-30-24(32)10-8-7-9-11-25(33)31-29-17-19-14-22(36-3)27(39-6)23(15-19)37-4/h12-17H,7-11H2,1-6H3,(H,30,32)(H,31,33). The van der Waals surface area contributed by atoms with E-state index in [0.29, 0.717) is 64.9 Å². The number of methoxy groups -OCH3 is 6. The minimum Gasteiger partial charge on any atom is -0.493 e. The van der Waals surface area contributed by atoms with Crippen LogP contribution in [0.15, 0.2) is 34.5 Å². The minimum atomic E-state index is -0.224. The van der Waals surface area contributed by atoms with Gasteiger partial charge in [0.25, 0.3) is 0 Å². The Balaban J connectivity index is 1.71. The van der Waals surface area contributed by atoms with E-state index in [2.05, 4.69) is 21.1 Å². The quantitative estimate of drug-likeness (QED) is 0.187. The lowest BCUT2D eigenvalue weighted by atomic mass is 10.1. The summed E-state index contributed by atoms with van der Waals surface area (Å²) in [6, 6.07) is 6.88. The molecule has 0 radical (unpaired) electrons. The molecule has 0 aliphatic heterocycles. The first-order chi connectivity index (χ1) is 18.9. The molecular formula is C27H36N4O8. The number of carbonyl (C=O) groups is 2. The summed E-state index contributed by atoms with van der Waals surface area (Å²) < 4.78 is 31.8. The highest BCUT2D eigenvalue weighted by atomic mass is 16.5. The van der Waals surface area contributed by atoms with E-state index >= 15 is 0 Å². The molecule has 0 fully saturated rings. The van der Waals surface area contributed by atoms with E-state index in [-0.39, 0.29) is 24.7 Å². The molecule has 2 amide bonds. The fourth-order valence-corrected chi connectivity index (χ4v) is 3.57. The lowest BCUT2D eigenvalue weighted by Gasteiger charge is -2.12. The zero-order valence-corrected chi connectivity index (χ0v) is 23.2. The van der Waals surface area contributed by atoms with Crippen molar-refractivity contribution in [1.29, 1.82) is 0 Å². The van der Waals surface area contributed by atoms with Gasteiger partial charge in [0.1, 0.15) is 0 Å². The van der Waals surface area contributed by atoms with Crippen LogP contribution in [0.1, 0.15) is 43.2 Å². The molecule has 12 heteroatoms. The fraction of sp³-hybridized carbons (Fsp3) is 0.407. The summed E-state index contributed by atoms with van der Waals surface area (Å²) in [6.07, 6.45) is 5.49. The van der Waals surface area contributed by atoms with Crippen LogP contribution in [0.3, 0.4) is 0 Å². The first-order valence-electron chi connectivity index (χ1n) is 12.1. The number of rotatable bonds is 16. The fourth-order valence-electron chi connectivity index (χ4n) is 3.57. The van der Waals surface area contributed by atoms with Gasteiger partial charge in [-0.15, -0.1) is 0 Å². The van der Waals surface area contributed by atoms with E-state index in [4.69, 9.17) is 28.4 Å². The van der Waals surface area contributed by atoms with E-state index in [0.717, 1.165) is 0 Å². The van der Waals surface area contributed by atoms with Crippen molar-refractivity contribution in [2.45, 2.75) is 32.1 Å².